The van der Waals surface area contributed by atoms with E-state index in [4.69, 9.17) is 5.73 Å². The summed E-state index contributed by atoms with van der Waals surface area (Å²) in [6.45, 7) is 0.177. The number of carbonyl (C=O) groups excluding carboxylic acids is 4. The largest absolute Gasteiger partial charge is 0.364 e. The van der Waals surface area contributed by atoms with Crippen molar-refractivity contribution >= 4 is 33.8 Å². The topological polar surface area (TPSA) is 164 Å². The van der Waals surface area contributed by atoms with Gasteiger partial charge in [0.2, 0.25) is 15.9 Å². The predicted octanol–water partition coefficient (Wildman–Crippen LogP) is -0.189. The van der Waals surface area contributed by atoms with Crippen molar-refractivity contribution in [3.63, 3.8) is 0 Å². The highest BCUT2D eigenvalue weighted by Gasteiger charge is 2.52. The molecular weight excluding hydrogens is 452 g/mol. The van der Waals surface area contributed by atoms with Crippen LogP contribution >= 0.6 is 0 Å². The van der Waals surface area contributed by atoms with E-state index in [0.29, 0.717) is 12.8 Å². The molecule has 0 aromatic carbocycles. The normalized spacial score (nSPS) is 21.9. The van der Waals surface area contributed by atoms with Gasteiger partial charge in [0.15, 0.2) is 0 Å². The second kappa shape index (κ2) is 8.45. The van der Waals surface area contributed by atoms with Gasteiger partial charge >= 0.3 is 6.03 Å². The summed E-state index contributed by atoms with van der Waals surface area (Å²) >= 11 is 0. The van der Waals surface area contributed by atoms with Gasteiger partial charge in [0, 0.05) is 32.3 Å². The number of hydrogen-bond donors (Lipinski definition) is 3. The first-order valence-electron chi connectivity index (χ1n) is 11.0. The van der Waals surface area contributed by atoms with Crippen LogP contribution in [0.5, 0.6) is 0 Å². The van der Waals surface area contributed by atoms with Crippen LogP contribution in [0.2, 0.25) is 0 Å². The number of imide groups is 1. The Labute approximate surface area is 191 Å². The molecule has 180 valence electrons. The Balaban J connectivity index is 1.37. The fourth-order valence-electron chi connectivity index (χ4n) is 4.85. The lowest BCUT2D eigenvalue weighted by atomic mass is 9.82. The van der Waals surface area contributed by atoms with Gasteiger partial charge in [-0.05, 0) is 31.7 Å². The molecule has 4 rings (SSSR count). The molecule has 0 atom stereocenters. The Morgan fingerprint density at radius 3 is 2.36 bits per heavy atom. The highest BCUT2D eigenvalue weighted by Crippen LogP contribution is 2.33. The van der Waals surface area contributed by atoms with E-state index in [1.165, 1.54) is 28.2 Å². The minimum atomic E-state index is -3.86. The highest BCUT2D eigenvalue weighted by molar-refractivity contribution is 7.89. The predicted molar refractivity (Wildman–Crippen MR) is 115 cm³/mol. The number of carbonyl (C=O) groups is 4. The van der Waals surface area contributed by atoms with Gasteiger partial charge in [0.05, 0.1) is 0 Å². The third kappa shape index (κ3) is 4.10. The molecule has 1 aromatic heterocycles. The molecule has 33 heavy (non-hydrogen) atoms. The number of urea groups is 1. The first-order chi connectivity index (χ1) is 15.5. The second-order valence-electron chi connectivity index (χ2n) is 8.90. The van der Waals surface area contributed by atoms with Crippen molar-refractivity contribution in [1.29, 1.82) is 0 Å². The van der Waals surface area contributed by atoms with Crippen molar-refractivity contribution in [3.05, 3.63) is 18.0 Å². The zero-order chi connectivity index (χ0) is 24.0. The van der Waals surface area contributed by atoms with Crippen LogP contribution in [0.3, 0.4) is 0 Å². The molecule has 4 N–H and O–H groups in total. The number of sulfonamides is 1. The molecule has 3 aliphatic rings. The van der Waals surface area contributed by atoms with E-state index in [0.717, 1.165) is 24.3 Å². The number of hydrazine groups is 1. The van der Waals surface area contributed by atoms with E-state index in [1.807, 2.05) is 0 Å². The minimum Gasteiger partial charge on any atom is -0.364 e. The number of nitrogens with zero attached hydrogens (tertiary/aromatic N) is 3. The van der Waals surface area contributed by atoms with Crippen LogP contribution in [0.25, 0.3) is 0 Å². The average Bonchev–Trinajstić information content (AvgIpc) is 3.28. The SMILES string of the molecule is Cn1cc(S(=O)(=O)N2CCC(C(=O)NN3C(=O)NC4(CCCCC4)C3=O)CC2)cc1C(N)=O. The van der Waals surface area contributed by atoms with Crippen LogP contribution in [-0.4, -0.2) is 64.7 Å². The van der Waals surface area contributed by atoms with E-state index in [-0.39, 0.29) is 36.5 Å². The van der Waals surface area contributed by atoms with Crippen molar-refractivity contribution in [3.8, 4) is 0 Å². The zero-order valence-corrected chi connectivity index (χ0v) is 19.2. The third-order valence-corrected chi connectivity index (χ3v) is 8.65. The van der Waals surface area contributed by atoms with Crippen LogP contribution in [0.15, 0.2) is 17.2 Å². The van der Waals surface area contributed by atoms with Crippen molar-refractivity contribution < 1.29 is 27.6 Å². The molecule has 13 heteroatoms. The van der Waals surface area contributed by atoms with Gasteiger partial charge in [-0.2, -0.15) is 9.31 Å². The smallest absolute Gasteiger partial charge is 0.344 e. The Morgan fingerprint density at radius 1 is 1.15 bits per heavy atom. The maximum Gasteiger partial charge on any atom is 0.344 e. The van der Waals surface area contributed by atoms with Crippen molar-refractivity contribution in [2.45, 2.75) is 55.4 Å². The molecule has 1 aromatic rings. The molecule has 1 saturated carbocycles. The number of rotatable bonds is 5. The van der Waals surface area contributed by atoms with Gasteiger partial charge in [0.25, 0.3) is 11.8 Å². The van der Waals surface area contributed by atoms with Crippen molar-refractivity contribution in [2.24, 2.45) is 18.7 Å². The highest BCUT2D eigenvalue weighted by atomic mass is 32.2. The van der Waals surface area contributed by atoms with Gasteiger partial charge in [-0.3, -0.25) is 19.8 Å². The lowest BCUT2D eigenvalue weighted by Crippen LogP contribution is -2.53. The number of nitrogens with one attached hydrogen (secondary N) is 2. The number of aryl methyl sites for hydroxylation is 1. The number of primary amides is 1. The molecule has 1 spiro atoms. The molecule has 0 unspecified atom stereocenters. The fourth-order valence-corrected chi connectivity index (χ4v) is 6.39. The summed E-state index contributed by atoms with van der Waals surface area (Å²) in [6, 6.07) is 0.597. The monoisotopic (exact) mass is 480 g/mol. The van der Waals surface area contributed by atoms with Crippen LogP contribution in [-0.2, 0) is 26.7 Å². The summed E-state index contributed by atoms with van der Waals surface area (Å²) in [5.74, 6) is -2.20. The maximum atomic E-state index is 12.9. The van der Waals surface area contributed by atoms with Crippen LogP contribution in [0.1, 0.15) is 55.4 Å². The summed E-state index contributed by atoms with van der Waals surface area (Å²) in [5.41, 5.74) is 6.85. The Kier molecular flexibility index (Phi) is 5.95. The van der Waals surface area contributed by atoms with E-state index in [9.17, 15) is 27.6 Å². The first-order valence-corrected chi connectivity index (χ1v) is 12.4. The van der Waals surface area contributed by atoms with E-state index in [2.05, 4.69) is 10.7 Å². The molecule has 1 aliphatic carbocycles. The van der Waals surface area contributed by atoms with Crippen molar-refractivity contribution in [1.82, 2.24) is 24.6 Å². The molecule has 0 radical (unpaired) electrons. The average molecular weight is 481 g/mol. The molecule has 2 saturated heterocycles. The lowest BCUT2D eigenvalue weighted by Gasteiger charge is -2.31. The number of aromatic nitrogens is 1. The zero-order valence-electron chi connectivity index (χ0n) is 18.4. The maximum absolute atomic E-state index is 12.9. The molecule has 2 aliphatic heterocycles. The summed E-state index contributed by atoms with van der Waals surface area (Å²) in [6.07, 6.45) is 5.57. The van der Waals surface area contributed by atoms with E-state index < -0.39 is 45.2 Å². The summed E-state index contributed by atoms with van der Waals surface area (Å²) in [5, 5.41) is 3.51. The number of piperidine rings is 1. The van der Waals surface area contributed by atoms with Gasteiger partial charge in [-0.1, -0.05) is 19.3 Å². The van der Waals surface area contributed by atoms with Gasteiger partial charge < -0.3 is 15.6 Å². The van der Waals surface area contributed by atoms with Crippen LogP contribution < -0.4 is 16.5 Å². The number of nitrogens with two attached hydrogens (primary N) is 1. The van der Waals surface area contributed by atoms with Crippen LogP contribution in [0, 0.1) is 5.92 Å². The lowest BCUT2D eigenvalue weighted by molar-refractivity contribution is -0.141. The van der Waals surface area contributed by atoms with Gasteiger partial charge in [0.1, 0.15) is 16.1 Å². The molecular formula is C20H28N6O6S. The van der Waals surface area contributed by atoms with Gasteiger partial charge in [-0.25, -0.2) is 13.2 Å². The molecule has 3 heterocycles. The molecule has 5 amide bonds. The summed E-state index contributed by atoms with van der Waals surface area (Å²) in [4.78, 5) is 49.3. The van der Waals surface area contributed by atoms with Crippen molar-refractivity contribution in [2.75, 3.05) is 13.1 Å². The van der Waals surface area contributed by atoms with E-state index >= 15 is 0 Å². The Hall–Kier alpha value is -2.93. The fraction of sp³-hybridized carbons (Fsp3) is 0.600. The quantitative estimate of drug-likeness (QED) is 0.495. The molecule has 3 fully saturated rings. The van der Waals surface area contributed by atoms with Gasteiger partial charge in [-0.15, -0.1) is 0 Å². The van der Waals surface area contributed by atoms with Crippen LogP contribution in [0.4, 0.5) is 4.79 Å². The Morgan fingerprint density at radius 2 is 1.79 bits per heavy atom. The third-order valence-electron chi connectivity index (χ3n) is 6.79. The molecule has 12 nitrogen and oxygen atoms in total. The number of hydrogen-bond acceptors (Lipinski definition) is 6. The Bertz CT molecular complexity index is 1100. The molecule has 0 bridgehead atoms. The summed E-state index contributed by atoms with van der Waals surface area (Å²) < 4.78 is 28.5. The number of amides is 5. The minimum absolute atomic E-state index is 0.0428. The second-order valence-corrected chi connectivity index (χ2v) is 10.8. The van der Waals surface area contributed by atoms with E-state index in [1.54, 1.807) is 0 Å². The standard InChI is InChI=1S/C20H28N6O6S/c1-24-12-14(11-15(24)16(21)27)33(31,32)25-9-5-13(6-10-25)17(28)23-26-18(29)20(22-19(26)30)7-3-2-4-8-20/h11-13H,2-10H2,1H3,(H2,21,27)(H,22,30)(H,23,28). The first kappa shape index (κ1) is 23.2. The summed E-state index contributed by atoms with van der Waals surface area (Å²) in [7, 11) is -2.33.